The molecule has 0 aromatic heterocycles. The second kappa shape index (κ2) is 7.19. The van der Waals surface area contributed by atoms with E-state index in [9.17, 15) is 18.7 Å². The summed E-state index contributed by atoms with van der Waals surface area (Å²) in [5.41, 5.74) is 0.782. The molecule has 0 heterocycles. The van der Waals surface area contributed by atoms with Crippen molar-refractivity contribution in [3.63, 3.8) is 0 Å². The highest BCUT2D eigenvalue weighted by molar-refractivity contribution is 5.94. The quantitative estimate of drug-likeness (QED) is 0.864. The number of hydrogen-bond acceptors (Lipinski definition) is 2. The summed E-state index contributed by atoms with van der Waals surface area (Å²) in [6, 6.07) is 10.1. The van der Waals surface area contributed by atoms with Crippen LogP contribution in [0.15, 0.2) is 42.5 Å². The topological polar surface area (TPSA) is 52.6 Å². The van der Waals surface area contributed by atoms with Crippen molar-refractivity contribution in [3.8, 4) is 11.1 Å². The van der Waals surface area contributed by atoms with Crippen LogP contribution in [0, 0.1) is 17.6 Å². The summed E-state index contributed by atoms with van der Waals surface area (Å²) < 4.78 is 28.0. The molecular formula is C19H20F2N2O2. The van der Waals surface area contributed by atoms with Crippen LogP contribution >= 0.6 is 0 Å². The molecule has 132 valence electrons. The van der Waals surface area contributed by atoms with Crippen LogP contribution in [-0.2, 0) is 0 Å². The molecule has 4 nitrogen and oxygen atoms in total. The van der Waals surface area contributed by atoms with Crippen molar-refractivity contribution in [1.82, 2.24) is 4.90 Å². The number of nitrogens with zero attached hydrogens (tertiary/aromatic N) is 1. The number of halogens is 2. The summed E-state index contributed by atoms with van der Waals surface area (Å²) in [7, 11) is 1.53. The number of anilines is 1. The monoisotopic (exact) mass is 346 g/mol. The van der Waals surface area contributed by atoms with Gasteiger partial charge in [0.2, 0.25) is 0 Å². The van der Waals surface area contributed by atoms with E-state index in [4.69, 9.17) is 0 Å². The minimum atomic E-state index is -0.844. The highest BCUT2D eigenvalue weighted by Crippen LogP contribution is 2.33. The highest BCUT2D eigenvalue weighted by Gasteiger charge is 2.31. The van der Waals surface area contributed by atoms with E-state index >= 15 is 0 Å². The SMILES string of the molecule is CN(CC(O)C1CC1)C(=O)Nc1c(F)cc(F)cc1-c1ccccc1. The first-order chi connectivity index (χ1) is 12.0. The zero-order valence-electron chi connectivity index (χ0n) is 13.9. The molecule has 1 fully saturated rings. The van der Waals surface area contributed by atoms with Crippen LogP contribution in [0.1, 0.15) is 12.8 Å². The normalized spacial score (nSPS) is 14.9. The molecule has 1 aliphatic rings. The number of likely N-dealkylation sites (N-methyl/N-ethyl adjacent to an activating group) is 1. The Bertz CT molecular complexity index is 764. The van der Waals surface area contributed by atoms with Gasteiger partial charge in [-0.05, 0) is 30.4 Å². The van der Waals surface area contributed by atoms with E-state index in [0.29, 0.717) is 5.56 Å². The number of hydrogen-bond donors (Lipinski definition) is 2. The average molecular weight is 346 g/mol. The van der Waals surface area contributed by atoms with Crippen molar-refractivity contribution in [3.05, 3.63) is 54.1 Å². The Morgan fingerprint density at radius 1 is 1.28 bits per heavy atom. The Balaban J connectivity index is 1.82. The lowest BCUT2D eigenvalue weighted by Crippen LogP contribution is -2.38. The number of aliphatic hydroxyl groups is 1. The molecule has 2 N–H and O–H groups in total. The third-order valence-electron chi connectivity index (χ3n) is 4.35. The molecule has 25 heavy (non-hydrogen) atoms. The van der Waals surface area contributed by atoms with Gasteiger partial charge in [0.1, 0.15) is 11.6 Å². The molecule has 3 rings (SSSR count). The zero-order valence-corrected chi connectivity index (χ0v) is 13.9. The largest absolute Gasteiger partial charge is 0.391 e. The van der Waals surface area contributed by atoms with E-state index in [1.54, 1.807) is 30.3 Å². The minimum Gasteiger partial charge on any atom is -0.391 e. The number of benzene rings is 2. The molecule has 0 spiro atoms. The number of carbonyl (C=O) groups is 1. The lowest BCUT2D eigenvalue weighted by atomic mass is 10.0. The molecule has 1 atom stereocenters. The fourth-order valence-electron chi connectivity index (χ4n) is 2.74. The Morgan fingerprint density at radius 3 is 2.60 bits per heavy atom. The average Bonchev–Trinajstić information content (AvgIpc) is 3.42. The van der Waals surface area contributed by atoms with Crippen molar-refractivity contribution in [1.29, 1.82) is 0 Å². The molecule has 2 amide bonds. The van der Waals surface area contributed by atoms with Crippen LogP contribution in [0.3, 0.4) is 0 Å². The van der Waals surface area contributed by atoms with Crippen molar-refractivity contribution >= 4 is 11.7 Å². The summed E-state index contributed by atoms with van der Waals surface area (Å²) in [5.74, 6) is -1.33. The number of carbonyl (C=O) groups excluding carboxylic acids is 1. The van der Waals surface area contributed by atoms with Gasteiger partial charge in [-0.1, -0.05) is 30.3 Å². The minimum absolute atomic E-state index is 0.0784. The van der Waals surface area contributed by atoms with Crippen LogP contribution in [-0.4, -0.2) is 35.7 Å². The Hall–Kier alpha value is -2.47. The second-order valence-electron chi connectivity index (χ2n) is 6.39. The molecule has 0 aliphatic heterocycles. The van der Waals surface area contributed by atoms with Crippen LogP contribution in [0.2, 0.25) is 0 Å². The highest BCUT2D eigenvalue weighted by atomic mass is 19.1. The number of nitrogens with one attached hydrogen (secondary N) is 1. The van der Waals surface area contributed by atoms with Gasteiger partial charge in [0.15, 0.2) is 0 Å². The lowest BCUT2D eigenvalue weighted by molar-refractivity contribution is 0.117. The zero-order chi connectivity index (χ0) is 18.0. The summed E-state index contributed by atoms with van der Waals surface area (Å²) in [4.78, 5) is 13.7. The maximum absolute atomic E-state index is 14.3. The van der Waals surface area contributed by atoms with E-state index in [0.717, 1.165) is 18.9 Å². The summed E-state index contributed by atoms with van der Waals surface area (Å²) in [6.07, 6.45) is 1.34. The van der Waals surface area contributed by atoms with Gasteiger partial charge >= 0.3 is 6.03 Å². The molecule has 2 aromatic carbocycles. The molecular weight excluding hydrogens is 326 g/mol. The number of rotatable bonds is 5. The standard InChI is InChI=1S/C19H20F2N2O2/c1-23(11-17(24)13-7-8-13)19(25)22-18-15(9-14(20)10-16(18)21)12-5-3-2-4-6-12/h2-6,9-10,13,17,24H,7-8,11H2,1H3,(H,22,25). The van der Waals surface area contributed by atoms with E-state index in [1.807, 2.05) is 0 Å². The van der Waals surface area contributed by atoms with Gasteiger partial charge in [0.25, 0.3) is 0 Å². The first-order valence-electron chi connectivity index (χ1n) is 8.20. The summed E-state index contributed by atoms with van der Waals surface area (Å²) in [6.45, 7) is 0.167. The summed E-state index contributed by atoms with van der Waals surface area (Å²) >= 11 is 0. The number of amides is 2. The van der Waals surface area contributed by atoms with E-state index in [2.05, 4.69) is 5.32 Å². The Kier molecular flexibility index (Phi) is 4.99. The Morgan fingerprint density at radius 2 is 1.96 bits per heavy atom. The predicted molar refractivity (Wildman–Crippen MR) is 92.2 cm³/mol. The predicted octanol–water partition coefficient (Wildman–Crippen LogP) is 3.87. The third kappa shape index (κ3) is 4.14. The maximum Gasteiger partial charge on any atom is 0.321 e. The van der Waals surface area contributed by atoms with Crippen molar-refractivity contribution < 1.29 is 18.7 Å². The van der Waals surface area contributed by atoms with Crippen LogP contribution in [0.5, 0.6) is 0 Å². The smallest absolute Gasteiger partial charge is 0.321 e. The molecule has 0 bridgehead atoms. The summed E-state index contributed by atoms with van der Waals surface area (Å²) in [5, 5.41) is 12.5. The van der Waals surface area contributed by atoms with Gasteiger partial charge in [-0.25, -0.2) is 13.6 Å². The van der Waals surface area contributed by atoms with Gasteiger partial charge in [-0.15, -0.1) is 0 Å². The molecule has 1 unspecified atom stereocenters. The maximum atomic E-state index is 14.3. The number of aliphatic hydroxyl groups excluding tert-OH is 1. The van der Waals surface area contributed by atoms with E-state index < -0.39 is 23.8 Å². The van der Waals surface area contributed by atoms with Gasteiger partial charge in [-0.2, -0.15) is 0 Å². The van der Waals surface area contributed by atoms with Gasteiger partial charge in [-0.3, -0.25) is 0 Å². The lowest BCUT2D eigenvalue weighted by Gasteiger charge is -2.22. The van der Waals surface area contributed by atoms with Gasteiger partial charge in [0, 0.05) is 25.2 Å². The fourth-order valence-corrected chi connectivity index (χ4v) is 2.74. The fraction of sp³-hybridized carbons (Fsp3) is 0.316. The van der Waals surface area contributed by atoms with E-state index in [-0.39, 0.29) is 23.7 Å². The number of urea groups is 1. The van der Waals surface area contributed by atoms with Crippen molar-refractivity contribution in [2.24, 2.45) is 5.92 Å². The Labute approximate surface area is 145 Å². The van der Waals surface area contributed by atoms with Gasteiger partial charge in [0.05, 0.1) is 11.8 Å². The molecule has 1 aliphatic carbocycles. The third-order valence-corrected chi connectivity index (χ3v) is 4.35. The van der Waals surface area contributed by atoms with Crippen molar-refractivity contribution in [2.75, 3.05) is 18.9 Å². The molecule has 0 radical (unpaired) electrons. The van der Waals surface area contributed by atoms with Crippen molar-refractivity contribution in [2.45, 2.75) is 18.9 Å². The first-order valence-corrected chi connectivity index (χ1v) is 8.20. The van der Waals surface area contributed by atoms with Crippen LogP contribution in [0.4, 0.5) is 19.3 Å². The van der Waals surface area contributed by atoms with Crippen LogP contribution in [0.25, 0.3) is 11.1 Å². The molecule has 2 aromatic rings. The molecule has 1 saturated carbocycles. The molecule has 0 saturated heterocycles. The van der Waals surface area contributed by atoms with E-state index in [1.165, 1.54) is 18.0 Å². The van der Waals surface area contributed by atoms with Gasteiger partial charge < -0.3 is 15.3 Å². The van der Waals surface area contributed by atoms with Crippen LogP contribution < -0.4 is 5.32 Å². The second-order valence-corrected chi connectivity index (χ2v) is 6.39. The molecule has 6 heteroatoms. The first kappa shape index (κ1) is 17.4.